The minimum Gasteiger partial charge on any atom is -0.491 e. The summed E-state index contributed by atoms with van der Waals surface area (Å²) in [6.45, 7) is 1.08. The second-order valence-electron chi connectivity index (χ2n) is 4.60. The normalized spacial score (nSPS) is 10.6. The Labute approximate surface area is 133 Å². The Morgan fingerprint density at radius 1 is 0.955 bits per heavy atom. The van der Waals surface area contributed by atoms with Crippen LogP contribution in [0.1, 0.15) is 0 Å². The average Bonchev–Trinajstić information content (AvgIpc) is 3.10. The molecule has 0 unspecified atom stereocenters. The monoisotopic (exact) mass is 311 g/mol. The van der Waals surface area contributed by atoms with Crippen molar-refractivity contribution in [1.82, 2.24) is 9.59 Å². The molecule has 5 heteroatoms. The molecule has 0 amide bonds. The molecule has 0 spiro atoms. The summed E-state index contributed by atoms with van der Waals surface area (Å²) in [6.07, 6.45) is 2.93. The Morgan fingerprint density at radius 3 is 2.41 bits per heavy atom. The molecule has 4 nitrogen and oxygen atoms in total. The summed E-state index contributed by atoms with van der Waals surface area (Å²) in [5.74, 6) is 0.837. The van der Waals surface area contributed by atoms with Gasteiger partial charge in [0.1, 0.15) is 18.6 Å². The first kappa shape index (κ1) is 14.7. The molecule has 3 rings (SSSR count). The molecule has 0 saturated carbocycles. The van der Waals surface area contributed by atoms with Crippen LogP contribution in [0.4, 0.5) is 0 Å². The lowest BCUT2D eigenvalue weighted by atomic mass is 9.98. The number of methoxy groups -OCH3 is 1. The van der Waals surface area contributed by atoms with Crippen LogP contribution < -0.4 is 4.74 Å². The van der Waals surface area contributed by atoms with Gasteiger partial charge in [-0.2, -0.15) is 0 Å². The van der Waals surface area contributed by atoms with Crippen LogP contribution in [0.5, 0.6) is 5.75 Å². The molecule has 0 N–H and O–H groups in total. The molecule has 0 atom stereocenters. The van der Waals surface area contributed by atoms with Crippen molar-refractivity contribution in [2.75, 3.05) is 20.3 Å². The summed E-state index contributed by atoms with van der Waals surface area (Å²) in [7, 11) is 1.66. The minimum atomic E-state index is 0.518. The molecule has 1 aromatic heterocycles. The molecule has 1 heterocycles. The zero-order valence-corrected chi connectivity index (χ0v) is 13.0. The lowest BCUT2D eigenvalue weighted by Crippen LogP contribution is -2.05. The molecule has 111 valence electrons. The number of rotatable bonds is 6. The summed E-state index contributed by atoms with van der Waals surface area (Å²) in [5, 5.41) is 3.81. The highest BCUT2D eigenvalue weighted by molar-refractivity contribution is 7.09. The summed E-state index contributed by atoms with van der Waals surface area (Å²) in [4.78, 5) is 0.919. The molecule has 22 heavy (non-hydrogen) atoms. The van der Waals surface area contributed by atoms with Crippen LogP contribution in [0.15, 0.2) is 48.5 Å². The van der Waals surface area contributed by atoms with Gasteiger partial charge in [0.25, 0.3) is 0 Å². The van der Waals surface area contributed by atoms with Gasteiger partial charge in [-0.05, 0) is 23.2 Å². The fourth-order valence-electron chi connectivity index (χ4n) is 2.22. The fraction of sp³-hybridized carbons (Fsp3) is 0.176. The predicted octanol–water partition coefficient (Wildman–Crippen LogP) is 3.70. The van der Waals surface area contributed by atoms with Crippen LogP contribution in [-0.2, 0) is 4.74 Å². The molecule has 0 saturated heterocycles. The second-order valence-corrected chi connectivity index (χ2v) is 5.35. The first-order valence-electron chi connectivity index (χ1n) is 6.90. The zero-order chi connectivity index (χ0) is 15.2. The summed E-state index contributed by atoms with van der Waals surface area (Å²) < 4.78 is 14.8. The number of ether oxygens (including phenoxy) is 2. The van der Waals surface area contributed by atoms with Gasteiger partial charge in [-0.3, -0.25) is 0 Å². The van der Waals surface area contributed by atoms with Gasteiger partial charge in [-0.15, -0.1) is 5.10 Å². The molecule has 0 bridgehead atoms. The molecular weight excluding hydrogens is 296 g/mol. The molecule has 0 fully saturated rings. The number of benzene rings is 2. The zero-order valence-electron chi connectivity index (χ0n) is 12.2. The highest BCUT2D eigenvalue weighted by atomic mass is 32.1. The molecule has 2 aromatic carbocycles. The minimum absolute atomic E-state index is 0.518. The Hall–Kier alpha value is -2.24. The molecule has 0 aliphatic rings. The number of nitrogens with zero attached hydrogens (tertiary/aromatic N) is 2. The Balaban J connectivity index is 2.01. The highest BCUT2D eigenvalue weighted by Gasteiger charge is 2.13. The summed E-state index contributed by atoms with van der Waals surface area (Å²) in [6, 6.07) is 16.1. The van der Waals surface area contributed by atoms with Crippen molar-refractivity contribution in [1.29, 1.82) is 0 Å². The van der Waals surface area contributed by atoms with Crippen LogP contribution in [-0.4, -0.2) is 29.9 Å². The fourth-order valence-corrected chi connectivity index (χ4v) is 2.74. The van der Waals surface area contributed by atoms with E-state index in [1.165, 1.54) is 11.5 Å². The van der Waals surface area contributed by atoms with Gasteiger partial charge in [0.15, 0.2) is 0 Å². The van der Waals surface area contributed by atoms with Gasteiger partial charge in [0, 0.05) is 18.2 Å². The largest absolute Gasteiger partial charge is 0.491 e. The van der Waals surface area contributed by atoms with Gasteiger partial charge in [0.2, 0.25) is 0 Å². The van der Waals surface area contributed by atoms with Crippen molar-refractivity contribution in [2.24, 2.45) is 0 Å². The first-order chi connectivity index (χ1) is 10.9. The third-order valence-electron chi connectivity index (χ3n) is 3.22. The van der Waals surface area contributed by atoms with Crippen LogP contribution in [0, 0.1) is 6.20 Å². The molecule has 3 aromatic rings. The maximum Gasteiger partial charge on any atom is 0.135 e. The van der Waals surface area contributed by atoms with E-state index in [1.807, 2.05) is 36.4 Å². The highest BCUT2D eigenvalue weighted by Crippen LogP contribution is 2.37. The van der Waals surface area contributed by atoms with Gasteiger partial charge < -0.3 is 9.47 Å². The van der Waals surface area contributed by atoms with Crippen molar-refractivity contribution in [3.05, 3.63) is 54.7 Å². The lowest BCUT2D eigenvalue weighted by molar-refractivity contribution is 0.146. The number of hydrogen-bond donors (Lipinski definition) is 0. The van der Waals surface area contributed by atoms with Gasteiger partial charge in [0.05, 0.1) is 11.5 Å². The van der Waals surface area contributed by atoms with E-state index in [2.05, 4.69) is 27.9 Å². The van der Waals surface area contributed by atoms with Crippen LogP contribution >= 0.6 is 11.5 Å². The van der Waals surface area contributed by atoms with E-state index in [0.717, 1.165) is 27.3 Å². The number of para-hydroxylation sites is 1. The van der Waals surface area contributed by atoms with E-state index in [1.54, 1.807) is 7.11 Å². The van der Waals surface area contributed by atoms with E-state index in [4.69, 9.17) is 9.47 Å². The molecule has 0 aliphatic heterocycles. The van der Waals surface area contributed by atoms with Crippen LogP contribution in [0.3, 0.4) is 0 Å². The van der Waals surface area contributed by atoms with E-state index < -0.39 is 0 Å². The maximum atomic E-state index is 5.84. The third-order valence-corrected chi connectivity index (χ3v) is 3.88. The van der Waals surface area contributed by atoms with E-state index in [-0.39, 0.29) is 0 Å². The molecule has 0 aliphatic carbocycles. The number of hydrogen-bond acceptors (Lipinski definition) is 5. The lowest BCUT2D eigenvalue weighted by Gasteiger charge is -2.13. The van der Waals surface area contributed by atoms with Gasteiger partial charge >= 0.3 is 0 Å². The van der Waals surface area contributed by atoms with E-state index in [0.29, 0.717) is 13.2 Å². The smallest absolute Gasteiger partial charge is 0.135 e. The molecular formula is C17H15N2O2S. The van der Waals surface area contributed by atoms with Gasteiger partial charge in [-0.1, -0.05) is 47.0 Å². The average molecular weight is 311 g/mol. The van der Waals surface area contributed by atoms with Crippen molar-refractivity contribution in [3.63, 3.8) is 0 Å². The van der Waals surface area contributed by atoms with Crippen molar-refractivity contribution < 1.29 is 9.47 Å². The Kier molecular flexibility index (Phi) is 4.78. The second kappa shape index (κ2) is 7.15. The van der Waals surface area contributed by atoms with Crippen LogP contribution in [0.25, 0.3) is 21.6 Å². The van der Waals surface area contributed by atoms with E-state index in [9.17, 15) is 0 Å². The number of aromatic nitrogens is 2. The Morgan fingerprint density at radius 2 is 1.68 bits per heavy atom. The van der Waals surface area contributed by atoms with Crippen molar-refractivity contribution >= 4 is 11.5 Å². The molecule has 1 radical (unpaired) electrons. The topological polar surface area (TPSA) is 44.2 Å². The standard InChI is InChI=1S/C17H15N2O2S/c1-20-10-11-21-16-9-5-4-7-14(16)13-6-2-3-8-15(13)17-12-18-19-22-17/h2-9H,10-11H2,1H3. The summed E-state index contributed by atoms with van der Waals surface area (Å²) >= 11 is 1.33. The predicted molar refractivity (Wildman–Crippen MR) is 87.0 cm³/mol. The SMILES string of the molecule is COCCOc1ccccc1-c1ccccc1-c1[c]nns1. The summed E-state index contributed by atoms with van der Waals surface area (Å²) in [5.41, 5.74) is 3.18. The Bertz CT molecular complexity index is 729. The van der Waals surface area contributed by atoms with Crippen LogP contribution in [0.2, 0.25) is 0 Å². The van der Waals surface area contributed by atoms with Crippen molar-refractivity contribution in [3.8, 4) is 27.3 Å². The first-order valence-corrected chi connectivity index (χ1v) is 7.68. The quantitative estimate of drug-likeness (QED) is 0.651. The van der Waals surface area contributed by atoms with Crippen molar-refractivity contribution in [2.45, 2.75) is 0 Å². The third kappa shape index (κ3) is 3.16. The maximum absolute atomic E-state index is 5.84. The van der Waals surface area contributed by atoms with Gasteiger partial charge in [-0.25, -0.2) is 0 Å². The van der Waals surface area contributed by atoms with E-state index >= 15 is 0 Å².